The van der Waals surface area contributed by atoms with Gasteiger partial charge in [0.25, 0.3) is 0 Å². The summed E-state index contributed by atoms with van der Waals surface area (Å²) in [5.74, 6) is 0. The summed E-state index contributed by atoms with van der Waals surface area (Å²) in [6, 6.07) is 0. The Balaban J connectivity index is 2.08. The van der Waals surface area contributed by atoms with Gasteiger partial charge in [0.2, 0.25) is 0 Å². The van der Waals surface area contributed by atoms with Crippen molar-refractivity contribution in [3.05, 3.63) is 12.7 Å². The minimum atomic E-state index is 0.247. The molecule has 0 spiro atoms. The van der Waals surface area contributed by atoms with Crippen molar-refractivity contribution in [3.63, 3.8) is 0 Å². The first-order valence-electron chi connectivity index (χ1n) is 9.73. The van der Waals surface area contributed by atoms with Gasteiger partial charge in [-0.25, -0.2) is 0 Å². The van der Waals surface area contributed by atoms with Crippen LogP contribution >= 0.6 is 7.92 Å². The van der Waals surface area contributed by atoms with Gasteiger partial charge in [-0.05, 0) is 49.6 Å². The molecule has 1 aliphatic heterocycles. The first-order valence-corrected chi connectivity index (χ1v) is 11.4. The first-order chi connectivity index (χ1) is 10.4. The molecule has 122 valence electrons. The van der Waals surface area contributed by atoms with Crippen molar-refractivity contribution in [1.29, 1.82) is 0 Å². The number of hydrogen-bond acceptors (Lipinski definition) is 0. The average Bonchev–Trinajstić information content (AvgIpc) is 2.70. The average molecular weight is 308 g/mol. The first kappa shape index (κ1) is 17.5. The summed E-state index contributed by atoms with van der Waals surface area (Å²) in [7, 11) is 0.247. The third kappa shape index (κ3) is 5.70. The maximum atomic E-state index is 4.14. The summed E-state index contributed by atoms with van der Waals surface area (Å²) in [5.41, 5.74) is 0. The molecule has 1 saturated carbocycles. The summed E-state index contributed by atoms with van der Waals surface area (Å²) < 4.78 is 0. The van der Waals surface area contributed by atoms with Crippen LogP contribution in [0, 0.1) is 0 Å². The molecule has 21 heavy (non-hydrogen) atoms. The number of hydrogen-bond donors (Lipinski definition) is 0. The van der Waals surface area contributed by atoms with Crippen LogP contribution in [-0.4, -0.2) is 17.5 Å². The third-order valence-corrected chi connectivity index (χ3v) is 9.52. The molecule has 0 radical (unpaired) electrons. The molecule has 0 nitrogen and oxygen atoms in total. The highest BCUT2D eigenvalue weighted by molar-refractivity contribution is 7.59. The largest absolute Gasteiger partial charge is 0.103 e. The highest BCUT2D eigenvalue weighted by atomic mass is 31.1. The van der Waals surface area contributed by atoms with E-state index in [2.05, 4.69) is 12.7 Å². The highest BCUT2D eigenvalue weighted by Gasteiger charge is 2.36. The van der Waals surface area contributed by atoms with Crippen LogP contribution in [0.5, 0.6) is 0 Å². The van der Waals surface area contributed by atoms with Gasteiger partial charge in [-0.2, -0.15) is 0 Å². The van der Waals surface area contributed by atoms with Gasteiger partial charge < -0.3 is 0 Å². The summed E-state index contributed by atoms with van der Waals surface area (Å²) in [5, 5.41) is 0.686. The lowest BCUT2D eigenvalue weighted by atomic mass is 9.92. The molecule has 0 atom stereocenters. The fraction of sp³-hybridized carbons (Fsp3) is 0.900. The monoisotopic (exact) mass is 308 g/mol. The Kier molecular flexibility index (Phi) is 8.38. The van der Waals surface area contributed by atoms with Gasteiger partial charge in [-0.1, -0.05) is 70.3 Å². The van der Waals surface area contributed by atoms with Crippen LogP contribution in [0.1, 0.15) is 96.3 Å². The van der Waals surface area contributed by atoms with E-state index in [0.717, 1.165) is 0 Å². The Morgan fingerprint density at radius 2 is 1.10 bits per heavy atom. The van der Waals surface area contributed by atoms with E-state index in [9.17, 15) is 0 Å². The Morgan fingerprint density at radius 3 is 1.57 bits per heavy atom. The maximum absolute atomic E-state index is 4.14. The van der Waals surface area contributed by atoms with Crippen molar-refractivity contribution in [3.8, 4) is 0 Å². The molecule has 0 aromatic heterocycles. The van der Waals surface area contributed by atoms with Gasteiger partial charge in [-0.3, -0.25) is 0 Å². The second-order valence-corrected chi connectivity index (χ2v) is 10.4. The second kappa shape index (κ2) is 10.0. The van der Waals surface area contributed by atoms with Gasteiger partial charge in [0.1, 0.15) is 0 Å². The molecule has 0 aromatic rings. The molecule has 1 heterocycles. The van der Waals surface area contributed by atoms with Crippen molar-refractivity contribution in [1.82, 2.24) is 0 Å². The minimum absolute atomic E-state index is 0.247. The fourth-order valence-electron chi connectivity index (χ4n) is 4.56. The van der Waals surface area contributed by atoms with Gasteiger partial charge in [0.05, 0.1) is 0 Å². The van der Waals surface area contributed by atoms with Crippen molar-refractivity contribution in [2.24, 2.45) is 0 Å². The predicted octanol–water partition coefficient (Wildman–Crippen LogP) is 7.27. The molecule has 2 rings (SSSR count). The maximum Gasteiger partial charge on any atom is -0.00601 e. The molecule has 0 aromatic carbocycles. The third-order valence-electron chi connectivity index (χ3n) is 5.84. The summed E-state index contributed by atoms with van der Waals surface area (Å²) >= 11 is 0. The van der Waals surface area contributed by atoms with Crippen LogP contribution in [0.4, 0.5) is 0 Å². The van der Waals surface area contributed by atoms with E-state index in [1.165, 1.54) is 96.3 Å². The quantitative estimate of drug-likeness (QED) is 0.380. The molecule has 0 bridgehead atoms. The van der Waals surface area contributed by atoms with Gasteiger partial charge >= 0.3 is 0 Å². The van der Waals surface area contributed by atoms with E-state index in [1.807, 2.05) is 0 Å². The van der Waals surface area contributed by atoms with E-state index in [-0.39, 0.29) is 7.92 Å². The Hall–Kier alpha value is 0.170. The Labute approximate surface area is 134 Å². The summed E-state index contributed by atoms with van der Waals surface area (Å²) in [6.45, 7) is 4.14. The van der Waals surface area contributed by atoms with Crippen LogP contribution in [0.25, 0.3) is 0 Å². The molecule has 2 aliphatic rings. The molecule has 0 N–H and O–H groups in total. The predicted molar refractivity (Wildman–Crippen MR) is 98.8 cm³/mol. The minimum Gasteiger partial charge on any atom is -0.103 e. The van der Waals surface area contributed by atoms with Crippen molar-refractivity contribution < 1.29 is 0 Å². The second-order valence-electron chi connectivity index (χ2n) is 7.45. The lowest BCUT2D eigenvalue weighted by Crippen LogP contribution is -2.28. The van der Waals surface area contributed by atoms with Gasteiger partial charge in [0, 0.05) is 0 Å². The number of allylic oxidation sites excluding steroid dienone is 1. The molecule has 0 amide bonds. The van der Waals surface area contributed by atoms with E-state index in [4.69, 9.17) is 0 Å². The summed E-state index contributed by atoms with van der Waals surface area (Å²) in [6.07, 6.45) is 27.7. The molecular weight excluding hydrogens is 271 g/mol. The van der Waals surface area contributed by atoms with Gasteiger partial charge in [0.15, 0.2) is 0 Å². The standard InChI is InChI=1S/C20H37P/c1-2-15-20(16-11-7-3-4-8-12-17-20)21-18-13-9-5-6-10-14-19-21/h2H,1,3-19H2. The zero-order chi connectivity index (χ0) is 14.8. The van der Waals surface area contributed by atoms with Crippen LogP contribution in [0.3, 0.4) is 0 Å². The molecule has 1 heteroatoms. The SMILES string of the molecule is C=CCC1(P2CCCCCCCC2)CCCCCCCC1. The van der Waals surface area contributed by atoms with Crippen LogP contribution < -0.4 is 0 Å². The van der Waals surface area contributed by atoms with Crippen LogP contribution in [0.15, 0.2) is 12.7 Å². The topological polar surface area (TPSA) is 0 Å². The van der Waals surface area contributed by atoms with Crippen LogP contribution in [0.2, 0.25) is 0 Å². The lowest BCUT2D eigenvalue weighted by Gasteiger charge is -2.42. The van der Waals surface area contributed by atoms with Crippen molar-refractivity contribution in [2.75, 3.05) is 12.3 Å². The fourth-order valence-corrected chi connectivity index (χ4v) is 8.28. The molecule has 0 unspecified atom stereocenters. The smallest absolute Gasteiger partial charge is 0.00601 e. The summed E-state index contributed by atoms with van der Waals surface area (Å²) in [4.78, 5) is 0. The zero-order valence-electron chi connectivity index (χ0n) is 14.3. The lowest BCUT2D eigenvalue weighted by molar-refractivity contribution is 0.466. The molecule has 2 fully saturated rings. The normalized spacial score (nSPS) is 26.5. The van der Waals surface area contributed by atoms with Gasteiger partial charge in [-0.15, -0.1) is 14.5 Å². The van der Waals surface area contributed by atoms with Crippen LogP contribution in [-0.2, 0) is 0 Å². The Morgan fingerprint density at radius 1 is 0.667 bits per heavy atom. The molecule has 1 aliphatic carbocycles. The molecular formula is C20H37P. The Bertz CT molecular complexity index is 264. The highest BCUT2D eigenvalue weighted by Crippen LogP contribution is 2.58. The van der Waals surface area contributed by atoms with E-state index in [1.54, 1.807) is 12.3 Å². The van der Waals surface area contributed by atoms with E-state index >= 15 is 0 Å². The van der Waals surface area contributed by atoms with Crippen molar-refractivity contribution in [2.45, 2.75) is 101 Å². The van der Waals surface area contributed by atoms with E-state index < -0.39 is 0 Å². The number of rotatable bonds is 3. The zero-order valence-corrected chi connectivity index (χ0v) is 15.1. The molecule has 1 saturated heterocycles. The van der Waals surface area contributed by atoms with E-state index in [0.29, 0.717) is 5.16 Å². The van der Waals surface area contributed by atoms with Crippen molar-refractivity contribution >= 4 is 7.92 Å².